The summed E-state index contributed by atoms with van der Waals surface area (Å²) < 4.78 is 0.466. The van der Waals surface area contributed by atoms with E-state index in [2.05, 4.69) is 20.9 Å². The van der Waals surface area contributed by atoms with Crippen LogP contribution in [0.1, 0.15) is 0 Å². The van der Waals surface area contributed by atoms with E-state index in [1.54, 1.807) is 4.90 Å². The lowest BCUT2D eigenvalue weighted by Crippen LogP contribution is -2.22. The molecule has 0 aromatic carbocycles. The van der Waals surface area contributed by atoms with Gasteiger partial charge in [0.2, 0.25) is 0 Å². The first-order valence-corrected chi connectivity index (χ1v) is 5.69. The van der Waals surface area contributed by atoms with Gasteiger partial charge in [0.15, 0.2) is 0 Å². The summed E-state index contributed by atoms with van der Waals surface area (Å²) in [5, 5.41) is 29.8. The molecule has 2 unspecified atom stereocenters. The van der Waals surface area contributed by atoms with E-state index in [4.69, 9.17) is 0 Å². The van der Waals surface area contributed by atoms with Crippen molar-refractivity contribution >= 4 is 27.3 Å². The van der Waals surface area contributed by atoms with Crippen molar-refractivity contribution < 1.29 is 15.1 Å². The van der Waals surface area contributed by atoms with Crippen molar-refractivity contribution in [3.8, 4) is 0 Å². The van der Waals surface area contributed by atoms with Gasteiger partial charge in [0, 0.05) is 19.3 Å². The first-order chi connectivity index (χ1) is 8.00. The van der Waals surface area contributed by atoms with E-state index in [1.165, 1.54) is 6.20 Å². The summed E-state index contributed by atoms with van der Waals surface area (Å²) in [5.41, 5.74) is 0.182. The van der Waals surface area contributed by atoms with Crippen molar-refractivity contribution in [1.82, 2.24) is 4.98 Å². The minimum atomic E-state index is -0.894. The lowest BCUT2D eigenvalue weighted by molar-refractivity contribution is -0.384. The van der Waals surface area contributed by atoms with Crippen LogP contribution < -0.4 is 4.90 Å². The average molecular weight is 304 g/mol. The fraction of sp³-hybridized carbons (Fsp3) is 0.444. The predicted octanol–water partition coefficient (Wildman–Crippen LogP) is 0.294. The van der Waals surface area contributed by atoms with E-state index in [-0.39, 0.29) is 18.8 Å². The second-order valence-electron chi connectivity index (χ2n) is 3.79. The second kappa shape index (κ2) is 4.55. The van der Waals surface area contributed by atoms with Gasteiger partial charge in [-0.1, -0.05) is 0 Å². The van der Waals surface area contributed by atoms with Gasteiger partial charge < -0.3 is 15.1 Å². The molecular formula is C9H10BrN3O4. The van der Waals surface area contributed by atoms with Crippen LogP contribution in [0.3, 0.4) is 0 Å². The highest BCUT2D eigenvalue weighted by Gasteiger charge is 2.34. The molecule has 1 aliphatic heterocycles. The molecule has 0 bridgehead atoms. The Labute approximate surface area is 105 Å². The van der Waals surface area contributed by atoms with Gasteiger partial charge in [-0.25, -0.2) is 0 Å². The van der Waals surface area contributed by atoms with Gasteiger partial charge in [-0.3, -0.25) is 15.1 Å². The van der Waals surface area contributed by atoms with Crippen molar-refractivity contribution in [2.45, 2.75) is 12.2 Å². The molecule has 0 aliphatic carbocycles. The number of halogens is 1. The molecule has 7 nitrogen and oxygen atoms in total. The number of hydrogen-bond acceptors (Lipinski definition) is 6. The highest BCUT2D eigenvalue weighted by atomic mass is 79.9. The maximum atomic E-state index is 10.9. The van der Waals surface area contributed by atoms with Crippen LogP contribution in [0, 0.1) is 10.1 Å². The lowest BCUT2D eigenvalue weighted by Gasteiger charge is -2.18. The molecule has 2 atom stereocenters. The normalized spacial score (nSPS) is 24.1. The first-order valence-electron chi connectivity index (χ1n) is 4.89. The van der Waals surface area contributed by atoms with Gasteiger partial charge in [-0.05, 0) is 15.9 Å². The molecule has 17 heavy (non-hydrogen) atoms. The Bertz CT molecular complexity index is 446. The molecule has 2 heterocycles. The van der Waals surface area contributed by atoms with Crippen LogP contribution in [0.25, 0.3) is 0 Å². The van der Waals surface area contributed by atoms with Crippen molar-refractivity contribution in [3.63, 3.8) is 0 Å². The Morgan fingerprint density at radius 1 is 1.41 bits per heavy atom. The number of β-amino-alcohol motifs (C(OH)–C–C–N with tert-alkyl or cyclic N) is 2. The van der Waals surface area contributed by atoms with Crippen LogP contribution in [0.15, 0.2) is 16.9 Å². The van der Waals surface area contributed by atoms with E-state index < -0.39 is 17.1 Å². The topological polar surface area (TPSA) is 99.7 Å². The number of nitro groups is 1. The molecule has 1 aromatic rings. The summed E-state index contributed by atoms with van der Waals surface area (Å²) in [4.78, 5) is 15.7. The number of aromatic nitrogens is 1. The highest BCUT2D eigenvalue weighted by Crippen LogP contribution is 2.36. The summed E-state index contributed by atoms with van der Waals surface area (Å²) >= 11 is 3.19. The van der Waals surface area contributed by atoms with E-state index in [1.807, 2.05) is 0 Å². The summed E-state index contributed by atoms with van der Waals surface area (Å²) in [5.74, 6) is 0. The summed E-state index contributed by atoms with van der Waals surface area (Å²) in [7, 11) is 0. The molecule has 1 saturated heterocycles. The fourth-order valence-corrected chi connectivity index (χ4v) is 2.39. The van der Waals surface area contributed by atoms with Gasteiger partial charge >= 0.3 is 5.69 Å². The van der Waals surface area contributed by atoms with Gasteiger partial charge in [0.05, 0.1) is 21.6 Å². The molecule has 1 aromatic heterocycles. The lowest BCUT2D eigenvalue weighted by atomic mass is 10.3. The first kappa shape index (κ1) is 12.2. The molecule has 1 fully saturated rings. The van der Waals surface area contributed by atoms with E-state index in [0.717, 1.165) is 6.20 Å². The zero-order valence-electron chi connectivity index (χ0n) is 8.65. The van der Waals surface area contributed by atoms with Crippen LogP contribution in [0.5, 0.6) is 0 Å². The van der Waals surface area contributed by atoms with Crippen LogP contribution >= 0.6 is 15.9 Å². The van der Waals surface area contributed by atoms with Crippen molar-refractivity contribution in [3.05, 3.63) is 27.0 Å². The standard InChI is InChI=1S/C9H10BrN3O4/c10-5-1-11-2-6(13(16)17)9(5)12-3-7(14)8(15)4-12/h1-2,7-8,14-15H,3-4H2. The minimum absolute atomic E-state index is 0.152. The monoisotopic (exact) mass is 303 g/mol. The number of anilines is 1. The van der Waals surface area contributed by atoms with Crippen LogP contribution in [0.4, 0.5) is 11.4 Å². The molecule has 1 aliphatic rings. The van der Waals surface area contributed by atoms with Crippen molar-refractivity contribution in [2.75, 3.05) is 18.0 Å². The van der Waals surface area contributed by atoms with Crippen LogP contribution in [0.2, 0.25) is 0 Å². The Morgan fingerprint density at radius 2 is 2.00 bits per heavy atom. The zero-order chi connectivity index (χ0) is 12.6. The van der Waals surface area contributed by atoms with Crippen molar-refractivity contribution in [2.24, 2.45) is 0 Å². The SMILES string of the molecule is O=[N+]([O-])c1cncc(Br)c1N1CC(O)C(O)C1. The molecular weight excluding hydrogens is 294 g/mol. The minimum Gasteiger partial charge on any atom is -0.389 e. The maximum Gasteiger partial charge on any atom is 0.311 e. The van der Waals surface area contributed by atoms with Crippen LogP contribution in [-0.2, 0) is 0 Å². The van der Waals surface area contributed by atoms with Crippen molar-refractivity contribution in [1.29, 1.82) is 0 Å². The Hall–Kier alpha value is -1.25. The third-order valence-corrected chi connectivity index (χ3v) is 3.21. The molecule has 8 heteroatoms. The Balaban J connectivity index is 2.41. The zero-order valence-corrected chi connectivity index (χ0v) is 10.2. The smallest absolute Gasteiger partial charge is 0.311 e. The molecule has 92 valence electrons. The largest absolute Gasteiger partial charge is 0.389 e. The molecule has 0 saturated carbocycles. The third kappa shape index (κ3) is 2.24. The Kier molecular flexibility index (Phi) is 3.27. The number of hydrogen-bond donors (Lipinski definition) is 2. The average Bonchev–Trinajstić information content (AvgIpc) is 2.58. The molecule has 0 spiro atoms. The quantitative estimate of drug-likeness (QED) is 0.602. The van der Waals surface area contributed by atoms with Gasteiger partial charge in [0.25, 0.3) is 0 Å². The fourth-order valence-electron chi connectivity index (χ4n) is 1.82. The predicted molar refractivity (Wildman–Crippen MR) is 62.8 cm³/mol. The maximum absolute atomic E-state index is 10.9. The van der Waals surface area contributed by atoms with Crippen LogP contribution in [-0.4, -0.2) is 45.4 Å². The number of pyridine rings is 1. The van der Waals surface area contributed by atoms with E-state index in [9.17, 15) is 20.3 Å². The Morgan fingerprint density at radius 3 is 2.53 bits per heavy atom. The number of aliphatic hydroxyl groups is 2. The van der Waals surface area contributed by atoms with Gasteiger partial charge in [0.1, 0.15) is 11.9 Å². The van der Waals surface area contributed by atoms with Gasteiger partial charge in [-0.2, -0.15) is 0 Å². The second-order valence-corrected chi connectivity index (χ2v) is 4.64. The number of rotatable bonds is 2. The highest BCUT2D eigenvalue weighted by molar-refractivity contribution is 9.10. The van der Waals surface area contributed by atoms with E-state index >= 15 is 0 Å². The summed E-state index contributed by atoms with van der Waals surface area (Å²) in [6, 6.07) is 0. The van der Waals surface area contributed by atoms with E-state index in [0.29, 0.717) is 10.2 Å². The summed E-state index contributed by atoms with van der Waals surface area (Å²) in [6.07, 6.45) is 0.806. The molecule has 0 amide bonds. The third-order valence-electron chi connectivity index (χ3n) is 2.63. The number of nitrogens with zero attached hydrogens (tertiary/aromatic N) is 3. The molecule has 0 radical (unpaired) electrons. The molecule has 2 rings (SSSR count). The van der Waals surface area contributed by atoms with Gasteiger partial charge in [-0.15, -0.1) is 0 Å². The number of aliphatic hydroxyl groups excluding tert-OH is 2. The molecule has 2 N–H and O–H groups in total. The summed E-state index contributed by atoms with van der Waals surface area (Å²) in [6.45, 7) is 0.315.